The second kappa shape index (κ2) is 10.7. The van der Waals surface area contributed by atoms with E-state index in [0.717, 1.165) is 30.1 Å². The van der Waals surface area contributed by atoms with Crippen LogP contribution in [0.15, 0.2) is 67.0 Å². The first-order valence-electron chi connectivity index (χ1n) is 11.1. The Balaban J connectivity index is 1.39. The molecule has 1 saturated heterocycles. The maximum atomic E-state index is 13.2. The topological polar surface area (TPSA) is 64.1 Å². The molecule has 2 aromatic carbocycles. The molecule has 0 atom stereocenters. The van der Waals surface area contributed by atoms with E-state index >= 15 is 0 Å². The Kier molecular flexibility index (Phi) is 7.29. The highest BCUT2D eigenvalue weighted by Gasteiger charge is 2.23. The third kappa shape index (κ3) is 5.55. The van der Waals surface area contributed by atoms with Crippen molar-refractivity contribution in [2.45, 2.75) is 13.5 Å². The Bertz CT molecular complexity index is 1050. The second-order valence-electron chi connectivity index (χ2n) is 7.72. The van der Waals surface area contributed by atoms with Crippen LogP contribution in [-0.4, -0.2) is 55.7 Å². The van der Waals surface area contributed by atoms with E-state index in [2.05, 4.69) is 22.0 Å². The highest BCUT2D eigenvalue weighted by molar-refractivity contribution is 5.95. The summed E-state index contributed by atoms with van der Waals surface area (Å²) in [7, 11) is 1.66. The molecule has 1 aliphatic heterocycles. The van der Waals surface area contributed by atoms with E-state index < -0.39 is 0 Å². The molecule has 0 N–H and O–H groups in total. The molecule has 1 aliphatic rings. The molecule has 4 rings (SSSR count). The van der Waals surface area contributed by atoms with Crippen molar-refractivity contribution in [3.05, 3.63) is 78.1 Å². The Morgan fingerprint density at radius 2 is 1.64 bits per heavy atom. The van der Waals surface area contributed by atoms with Crippen LogP contribution in [0.25, 0.3) is 0 Å². The number of anilines is 1. The summed E-state index contributed by atoms with van der Waals surface area (Å²) in [5.74, 6) is 2.04. The number of ether oxygens (including phenoxy) is 3. The first-order valence-corrected chi connectivity index (χ1v) is 11.1. The van der Waals surface area contributed by atoms with Crippen molar-refractivity contribution in [3.8, 4) is 17.2 Å². The number of nitrogens with zero attached hydrogens (tertiary/aromatic N) is 3. The van der Waals surface area contributed by atoms with Crippen LogP contribution < -0.4 is 19.1 Å². The van der Waals surface area contributed by atoms with Crippen LogP contribution in [0.1, 0.15) is 22.8 Å². The van der Waals surface area contributed by atoms with E-state index in [0.29, 0.717) is 43.4 Å². The van der Waals surface area contributed by atoms with Crippen LogP contribution in [0.2, 0.25) is 0 Å². The van der Waals surface area contributed by atoms with Crippen molar-refractivity contribution in [1.82, 2.24) is 9.88 Å². The predicted molar refractivity (Wildman–Crippen MR) is 127 cm³/mol. The zero-order valence-electron chi connectivity index (χ0n) is 19.1. The van der Waals surface area contributed by atoms with Gasteiger partial charge in [0.05, 0.1) is 13.7 Å². The van der Waals surface area contributed by atoms with Gasteiger partial charge in [-0.2, -0.15) is 0 Å². The molecule has 3 aromatic rings. The molecule has 0 aliphatic carbocycles. The van der Waals surface area contributed by atoms with Gasteiger partial charge in [0, 0.05) is 49.8 Å². The Morgan fingerprint density at radius 1 is 0.909 bits per heavy atom. The van der Waals surface area contributed by atoms with Gasteiger partial charge in [0.25, 0.3) is 5.91 Å². The molecule has 7 heteroatoms. The third-order valence-corrected chi connectivity index (χ3v) is 5.64. The molecule has 1 amide bonds. The monoisotopic (exact) mass is 447 g/mol. The molecule has 33 heavy (non-hydrogen) atoms. The van der Waals surface area contributed by atoms with Gasteiger partial charge in [-0.3, -0.25) is 9.78 Å². The number of aromatic nitrogens is 1. The molecule has 0 saturated carbocycles. The number of hydrogen-bond donors (Lipinski definition) is 0. The van der Waals surface area contributed by atoms with E-state index in [4.69, 9.17) is 14.2 Å². The van der Waals surface area contributed by atoms with Crippen molar-refractivity contribution in [3.63, 3.8) is 0 Å². The van der Waals surface area contributed by atoms with Gasteiger partial charge in [0.15, 0.2) is 11.5 Å². The van der Waals surface area contributed by atoms with E-state index in [1.807, 2.05) is 48.2 Å². The number of benzene rings is 2. The highest BCUT2D eigenvalue weighted by atomic mass is 16.5. The van der Waals surface area contributed by atoms with E-state index in [-0.39, 0.29) is 5.91 Å². The lowest BCUT2D eigenvalue weighted by atomic mass is 10.1. The minimum Gasteiger partial charge on any atom is -0.497 e. The van der Waals surface area contributed by atoms with Gasteiger partial charge in [-0.1, -0.05) is 0 Å². The molecule has 0 radical (unpaired) electrons. The zero-order chi connectivity index (χ0) is 23.0. The lowest BCUT2D eigenvalue weighted by Gasteiger charge is -2.36. The van der Waals surface area contributed by atoms with E-state index in [1.165, 1.54) is 0 Å². The lowest BCUT2D eigenvalue weighted by Crippen LogP contribution is -2.48. The fourth-order valence-electron chi connectivity index (χ4n) is 3.81. The largest absolute Gasteiger partial charge is 0.497 e. The number of rotatable bonds is 8. The molecule has 0 bridgehead atoms. The van der Waals surface area contributed by atoms with Crippen molar-refractivity contribution < 1.29 is 19.0 Å². The summed E-state index contributed by atoms with van der Waals surface area (Å²) in [6, 6.07) is 17.2. The summed E-state index contributed by atoms with van der Waals surface area (Å²) >= 11 is 0. The van der Waals surface area contributed by atoms with Crippen LogP contribution in [-0.2, 0) is 6.61 Å². The lowest BCUT2D eigenvalue weighted by molar-refractivity contribution is 0.0746. The van der Waals surface area contributed by atoms with Gasteiger partial charge >= 0.3 is 0 Å². The maximum Gasteiger partial charge on any atom is 0.254 e. The van der Waals surface area contributed by atoms with Gasteiger partial charge < -0.3 is 24.0 Å². The molecule has 0 spiro atoms. The molecular weight excluding hydrogens is 418 g/mol. The smallest absolute Gasteiger partial charge is 0.254 e. The minimum absolute atomic E-state index is 0.00557. The number of hydrogen-bond acceptors (Lipinski definition) is 6. The number of amides is 1. The van der Waals surface area contributed by atoms with Crippen LogP contribution in [0.4, 0.5) is 5.69 Å². The van der Waals surface area contributed by atoms with Gasteiger partial charge in [-0.05, 0) is 67.1 Å². The number of carbonyl (C=O) groups is 1. The normalized spacial score (nSPS) is 13.5. The zero-order valence-corrected chi connectivity index (χ0v) is 19.1. The second-order valence-corrected chi connectivity index (χ2v) is 7.72. The summed E-state index contributed by atoms with van der Waals surface area (Å²) in [6.45, 7) is 5.70. The van der Waals surface area contributed by atoms with E-state index in [1.54, 1.807) is 25.6 Å². The predicted octanol–water partition coefficient (Wildman–Crippen LogP) is 4.03. The summed E-state index contributed by atoms with van der Waals surface area (Å²) in [5, 5.41) is 0. The van der Waals surface area contributed by atoms with Crippen LogP contribution in [0.5, 0.6) is 17.2 Å². The Morgan fingerprint density at radius 3 is 2.30 bits per heavy atom. The summed E-state index contributed by atoms with van der Waals surface area (Å²) < 4.78 is 16.9. The molecule has 7 nitrogen and oxygen atoms in total. The number of methoxy groups -OCH3 is 1. The summed E-state index contributed by atoms with van der Waals surface area (Å²) in [4.78, 5) is 21.4. The average Bonchev–Trinajstić information content (AvgIpc) is 2.88. The van der Waals surface area contributed by atoms with Gasteiger partial charge in [-0.15, -0.1) is 0 Å². The van der Waals surface area contributed by atoms with E-state index in [9.17, 15) is 4.79 Å². The Hall–Kier alpha value is -3.74. The van der Waals surface area contributed by atoms with Gasteiger partial charge in [0.2, 0.25) is 0 Å². The van der Waals surface area contributed by atoms with Crippen molar-refractivity contribution >= 4 is 11.6 Å². The fourth-order valence-corrected chi connectivity index (χ4v) is 3.81. The van der Waals surface area contributed by atoms with Crippen molar-refractivity contribution in [2.75, 3.05) is 44.8 Å². The number of piperazine rings is 1. The first kappa shape index (κ1) is 22.5. The number of pyridine rings is 1. The van der Waals surface area contributed by atoms with Crippen LogP contribution >= 0.6 is 0 Å². The first-order chi connectivity index (χ1) is 16.2. The number of carbonyl (C=O) groups excluding carboxylic acids is 1. The average molecular weight is 448 g/mol. The minimum atomic E-state index is 0.00557. The van der Waals surface area contributed by atoms with Crippen LogP contribution in [0, 0.1) is 0 Å². The molecule has 2 heterocycles. The quantitative estimate of drug-likeness (QED) is 0.520. The van der Waals surface area contributed by atoms with Gasteiger partial charge in [0.1, 0.15) is 12.4 Å². The third-order valence-electron chi connectivity index (χ3n) is 5.64. The van der Waals surface area contributed by atoms with Crippen LogP contribution in [0.3, 0.4) is 0 Å². The fraction of sp³-hybridized carbons (Fsp3) is 0.308. The molecule has 0 unspecified atom stereocenters. The SMILES string of the molecule is CCOc1cc(C(=O)N2CCN(c3ccc(OC)cc3)CC2)ccc1OCc1ccncc1. The molecule has 172 valence electrons. The maximum absolute atomic E-state index is 13.2. The van der Waals surface area contributed by atoms with Gasteiger partial charge in [-0.25, -0.2) is 0 Å². The summed E-state index contributed by atoms with van der Waals surface area (Å²) in [5.41, 5.74) is 2.76. The Labute approximate surface area is 194 Å². The van der Waals surface area contributed by atoms with Crippen molar-refractivity contribution in [1.29, 1.82) is 0 Å². The highest BCUT2D eigenvalue weighted by Crippen LogP contribution is 2.30. The molecule has 1 aromatic heterocycles. The molecule has 1 fully saturated rings. The standard InChI is InChI=1S/C26H29N3O4/c1-3-32-25-18-21(4-9-24(25)33-19-20-10-12-27-13-11-20)26(30)29-16-14-28(15-17-29)22-5-7-23(31-2)8-6-22/h4-13,18H,3,14-17,19H2,1-2H3. The summed E-state index contributed by atoms with van der Waals surface area (Å²) in [6.07, 6.45) is 3.47. The van der Waals surface area contributed by atoms with Crippen molar-refractivity contribution in [2.24, 2.45) is 0 Å². The molecular formula is C26H29N3O4.